The Labute approximate surface area is 196 Å². The van der Waals surface area contributed by atoms with Crippen LogP contribution in [0, 0.1) is 11.3 Å². The summed E-state index contributed by atoms with van der Waals surface area (Å²) in [4.78, 5) is 11.8. The van der Waals surface area contributed by atoms with Gasteiger partial charge in [-0.15, -0.1) is 0 Å². The molecule has 1 aromatic heterocycles. The van der Waals surface area contributed by atoms with Crippen LogP contribution in [0.15, 0.2) is 65.1 Å². The molecule has 0 saturated heterocycles. The number of esters is 1. The number of nitrogens with two attached hydrogens (primary N) is 1. The van der Waals surface area contributed by atoms with Crippen LogP contribution in [-0.4, -0.2) is 18.2 Å². The van der Waals surface area contributed by atoms with Gasteiger partial charge in [0.15, 0.2) is 0 Å². The summed E-state index contributed by atoms with van der Waals surface area (Å²) in [6.45, 7) is 0.404. The summed E-state index contributed by atoms with van der Waals surface area (Å²) in [5.74, 6) is 0.513. The number of nitrogens with zero attached hydrogens (tertiary/aromatic N) is 1. The summed E-state index contributed by atoms with van der Waals surface area (Å²) >= 11 is 0. The number of fused-ring (bicyclic) bond motifs is 1. The third-order valence-corrected chi connectivity index (χ3v) is 5.51. The smallest absolute Gasteiger partial charge is 0.310 e. The first-order valence-corrected chi connectivity index (χ1v) is 10.7. The van der Waals surface area contributed by atoms with Gasteiger partial charge in [0.05, 0.1) is 25.2 Å². The number of furan rings is 1. The van der Waals surface area contributed by atoms with Gasteiger partial charge in [0, 0.05) is 23.1 Å². The van der Waals surface area contributed by atoms with E-state index in [0.29, 0.717) is 34.8 Å². The van der Waals surface area contributed by atoms with Gasteiger partial charge in [-0.3, -0.25) is 4.79 Å². The molecule has 0 bridgehead atoms. The number of nitriles is 1. The molecule has 7 heteroatoms. The van der Waals surface area contributed by atoms with Gasteiger partial charge in [0.25, 0.3) is 0 Å². The lowest BCUT2D eigenvalue weighted by molar-refractivity contribution is -0.139. The van der Waals surface area contributed by atoms with Gasteiger partial charge in [-0.1, -0.05) is 24.3 Å². The third kappa shape index (κ3) is 4.94. The highest BCUT2D eigenvalue weighted by molar-refractivity contribution is 5.93. The number of aliphatic hydroxyl groups is 1. The molecule has 0 unspecified atom stereocenters. The van der Waals surface area contributed by atoms with Crippen molar-refractivity contribution in [3.05, 3.63) is 88.7 Å². The molecular formula is C27H24N2O5. The molecule has 0 aliphatic rings. The van der Waals surface area contributed by atoms with Crippen molar-refractivity contribution in [2.24, 2.45) is 5.73 Å². The Hall–Kier alpha value is -4.12. The standard InChI is InChI=1S/C27H24N2O5/c1-32-26(31)12-21-6-5-18(14-29)10-25(21)33-16-19-8-22-11-23(15-30)34-27(22)24(9-19)20-4-2-3-17(7-20)13-28/h2-11,30H,12-13,15-16,28H2,1H3. The third-order valence-electron chi connectivity index (χ3n) is 5.51. The maximum Gasteiger partial charge on any atom is 0.310 e. The van der Waals surface area contributed by atoms with E-state index in [2.05, 4.69) is 6.07 Å². The zero-order valence-corrected chi connectivity index (χ0v) is 18.7. The highest BCUT2D eigenvalue weighted by Gasteiger charge is 2.15. The molecule has 172 valence electrons. The van der Waals surface area contributed by atoms with Crippen LogP contribution in [0.1, 0.15) is 28.0 Å². The van der Waals surface area contributed by atoms with E-state index in [1.165, 1.54) is 7.11 Å². The lowest BCUT2D eigenvalue weighted by Gasteiger charge is -2.13. The van der Waals surface area contributed by atoms with Gasteiger partial charge in [0.2, 0.25) is 0 Å². The Balaban J connectivity index is 1.72. The lowest BCUT2D eigenvalue weighted by Crippen LogP contribution is -2.07. The summed E-state index contributed by atoms with van der Waals surface area (Å²) in [5.41, 5.74) is 11.2. The minimum Gasteiger partial charge on any atom is -0.489 e. The average Bonchev–Trinajstić information content (AvgIpc) is 3.30. The molecule has 0 fully saturated rings. The van der Waals surface area contributed by atoms with Crippen LogP contribution in [0.4, 0.5) is 0 Å². The minimum absolute atomic E-state index is 0.0370. The second-order valence-corrected chi connectivity index (χ2v) is 7.81. The number of carbonyl (C=O) groups is 1. The van der Waals surface area contributed by atoms with Crippen LogP contribution in [0.3, 0.4) is 0 Å². The molecule has 7 nitrogen and oxygen atoms in total. The van der Waals surface area contributed by atoms with Crippen LogP contribution >= 0.6 is 0 Å². The second-order valence-electron chi connectivity index (χ2n) is 7.81. The van der Waals surface area contributed by atoms with E-state index in [1.54, 1.807) is 24.3 Å². The van der Waals surface area contributed by atoms with Crippen LogP contribution in [0.5, 0.6) is 5.75 Å². The van der Waals surface area contributed by atoms with Crippen molar-refractivity contribution < 1.29 is 23.8 Å². The molecule has 0 radical (unpaired) electrons. The Kier molecular flexibility index (Phi) is 6.93. The van der Waals surface area contributed by atoms with Gasteiger partial charge in [-0.05, 0) is 53.1 Å². The predicted octanol–water partition coefficient (Wildman–Crippen LogP) is 4.22. The maximum atomic E-state index is 11.8. The number of rotatable bonds is 8. The Morgan fingerprint density at radius 1 is 1.12 bits per heavy atom. The first-order chi connectivity index (χ1) is 16.5. The molecule has 34 heavy (non-hydrogen) atoms. The summed E-state index contributed by atoms with van der Waals surface area (Å²) in [6.07, 6.45) is 0.0370. The van der Waals surface area contributed by atoms with Crippen molar-refractivity contribution in [1.29, 1.82) is 5.26 Å². The maximum absolute atomic E-state index is 11.8. The number of ether oxygens (including phenoxy) is 2. The normalized spacial score (nSPS) is 10.8. The van der Waals surface area contributed by atoms with Crippen molar-refractivity contribution in [3.63, 3.8) is 0 Å². The molecule has 4 rings (SSSR count). The van der Waals surface area contributed by atoms with Gasteiger partial charge in [-0.25, -0.2) is 0 Å². The van der Waals surface area contributed by atoms with Gasteiger partial charge >= 0.3 is 5.97 Å². The number of benzene rings is 3. The van der Waals surface area contributed by atoms with E-state index in [1.807, 2.05) is 36.4 Å². The molecular weight excluding hydrogens is 432 g/mol. The van der Waals surface area contributed by atoms with Crippen LogP contribution in [0.2, 0.25) is 0 Å². The summed E-state index contributed by atoms with van der Waals surface area (Å²) in [5, 5.41) is 19.7. The highest BCUT2D eigenvalue weighted by Crippen LogP contribution is 2.34. The minimum atomic E-state index is -0.395. The molecule has 3 aromatic carbocycles. The molecule has 0 aliphatic heterocycles. The quantitative estimate of drug-likeness (QED) is 0.381. The van der Waals surface area contributed by atoms with Crippen LogP contribution in [0.25, 0.3) is 22.1 Å². The fourth-order valence-corrected chi connectivity index (χ4v) is 3.80. The summed E-state index contributed by atoms with van der Waals surface area (Å²) < 4.78 is 16.7. The van der Waals surface area contributed by atoms with Gasteiger partial charge in [-0.2, -0.15) is 5.26 Å². The number of hydrogen-bond donors (Lipinski definition) is 2. The number of carbonyl (C=O) groups excluding carboxylic acids is 1. The molecule has 1 heterocycles. The first-order valence-electron chi connectivity index (χ1n) is 10.7. The van der Waals surface area contributed by atoms with Crippen molar-refractivity contribution in [2.45, 2.75) is 26.2 Å². The highest BCUT2D eigenvalue weighted by atomic mass is 16.5. The molecule has 4 aromatic rings. The monoisotopic (exact) mass is 456 g/mol. The SMILES string of the molecule is COC(=O)Cc1ccc(C#N)cc1OCc1cc(-c2cccc(CN)c2)c2oc(CO)cc2c1. The summed E-state index contributed by atoms with van der Waals surface area (Å²) in [7, 11) is 1.33. The molecule has 0 spiro atoms. The Morgan fingerprint density at radius 3 is 2.71 bits per heavy atom. The van der Waals surface area contributed by atoms with Gasteiger partial charge < -0.3 is 24.7 Å². The van der Waals surface area contributed by atoms with Crippen molar-refractivity contribution in [3.8, 4) is 22.9 Å². The topological polar surface area (TPSA) is 119 Å². The zero-order valence-electron chi connectivity index (χ0n) is 18.7. The van der Waals surface area contributed by atoms with Gasteiger partial charge in [0.1, 0.15) is 30.3 Å². The van der Waals surface area contributed by atoms with Crippen molar-refractivity contribution >= 4 is 16.9 Å². The Bertz CT molecular complexity index is 1380. The van der Waals surface area contributed by atoms with E-state index in [4.69, 9.17) is 19.6 Å². The largest absolute Gasteiger partial charge is 0.489 e. The molecule has 0 atom stereocenters. The van der Waals surface area contributed by atoms with E-state index in [9.17, 15) is 15.2 Å². The summed E-state index contributed by atoms with van der Waals surface area (Å²) in [6, 6.07) is 20.6. The fraction of sp³-hybridized carbons (Fsp3) is 0.185. The van der Waals surface area contributed by atoms with E-state index >= 15 is 0 Å². The molecule has 0 saturated carbocycles. The zero-order chi connectivity index (χ0) is 24.1. The van der Waals surface area contributed by atoms with Crippen molar-refractivity contribution in [2.75, 3.05) is 7.11 Å². The molecule has 0 amide bonds. The van der Waals surface area contributed by atoms with Crippen molar-refractivity contribution in [1.82, 2.24) is 0 Å². The number of aliphatic hydroxyl groups excluding tert-OH is 1. The lowest BCUT2D eigenvalue weighted by atomic mass is 9.99. The fourth-order valence-electron chi connectivity index (χ4n) is 3.80. The van der Waals surface area contributed by atoms with Crippen LogP contribution in [-0.2, 0) is 35.7 Å². The second kappa shape index (κ2) is 10.2. The molecule has 0 aliphatic carbocycles. The number of methoxy groups -OCH3 is 1. The Morgan fingerprint density at radius 2 is 1.97 bits per heavy atom. The van der Waals surface area contributed by atoms with Crippen LogP contribution < -0.4 is 10.5 Å². The molecule has 3 N–H and O–H groups in total. The first kappa shape index (κ1) is 23.1. The number of hydrogen-bond acceptors (Lipinski definition) is 7. The van der Waals surface area contributed by atoms with E-state index < -0.39 is 5.97 Å². The predicted molar refractivity (Wildman–Crippen MR) is 127 cm³/mol. The van der Waals surface area contributed by atoms with E-state index in [-0.39, 0.29) is 19.6 Å². The average molecular weight is 456 g/mol. The van der Waals surface area contributed by atoms with E-state index in [0.717, 1.165) is 27.6 Å².